The molecule has 1 atom stereocenters. The van der Waals surface area contributed by atoms with Gasteiger partial charge in [0.25, 0.3) is 0 Å². The van der Waals surface area contributed by atoms with Crippen LogP contribution in [0.15, 0.2) is 11.6 Å². The van der Waals surface area contributed by atoms with Crippen LogP contribution in [0.5, 0.6) is 0 Å². The van der Waals surface area contributed by atoms with Gasteiger partial charge in [-0.25, -0.2) is 0 Å². The van der Waals surface area contributed by atoms with Gasteiger partial charge in [0.1, 0.15) is 12.1 Å². The molecule has 1 unspecified atom stereocenters. The first-order valence-electron chi connectivity index (χ1n) is 7.26. The first-order valence-corrected chi connectivity index (χ1v) is 7.26. The predicted octanol–water partition coefficient (Wildman–Crippen LogP) is 3.69. The van der Waals surface area contributed by atoms with Crippen LogP contribution in [0.2, 0.25) is 0 Å². The van der Waals surface area contributed by atoms with Gasteiger partial charge in [0.2, 0.25) is 0 Å². The van der Waals surface area contributed by atoms with Crippen molar-refractivity contribution in [3.63, 3.8) is 0 Å². The summed E-state index contributed by atoms with van der Waals surface area (Å²) in [6, 6.07) is 0. The molecule has 0 fully saturated rings. The van der Waals surface area contributed by atoms with E-state index in [1.165, 1.54) is 5.57 Å². The number of aldehydes is 1. The Morgan fingerprint density at radius 3 is 2.40 bits per heavy atom. The second-order valence-electron chi connectivity index (χ2n) is 7.54. The molecule has 1 N–H and O–H groups in total. The molecule has 0 saturated heterocycles. The third-order valence-electron chi connectivity index (χ3n) is 3.36. The van der Waals surface area contributed by atoms with Gasteiger partial charge >= 0.3 is 0 Å². The zero-order chi connectivity index (χ0) is 16.0. The minimum atomic E-state index is -0.205. The van der Waals surface area contributed by atoms with E-state index in [4.69, 9.17) is 0 Å². The van der Waals surface area contributed by atoms with Crippen LogP contribution in [0.3, 0.4) is 0 Å². The fourth-order valence-electron chi connectivity index (χ4n) is 2.81. The number of Topliss-reactive ketones (excluding diaryl/α,β-unsaturated/α-hetero) is 1. The van der Waals surface area contributed by atoms with Crippen LogP contribution in [0.25, 0.3) is 0 Å². The summed E-state index contributed by atoms with van der Waals surface area (Å²) in [6.45, 7) is 11.9. The first kappa shape index (κ1) is 19.0. The summed E-state index contributed by atoms with van der Waals surface area (Å²) in [5.74, 6) is 0.145. The molecular formula is C17H30O3. The molecular weight excluding hydrogens is 252 g/mol. The second kappa shape index (κ2) is 7.72. The predicted molar refractivity (Wildman–Crippen MR) is 82.5 cm³/mol. The molecule has 0 bridgehead atoms. The van der Waals surface area contributed by atoms with E-state index in [0.29, 0.717) is 18.3 Å². The Hall–Kier alpha value is -0.960. The molecule has 20 heavy (non-hydrogen) atoms. The Kier molecular flexibility index (Phi) is 7.35. The van der Waals surface area contributed by atoms with E-state index in [1.807, 2.05) is 19.9 Å². The molecule has 1 aliphatic rings. The van der Waals surface area contributed by atoms with E-state index in [9.17, 15) is 14.7 Å². The van der Waals surface area contributed by atoms with E-state index < -0.39 is 0 Å². The Balaban J connectivity index is 0.000000361. The lowest BCUT2D eigenvalue weighted by molar-refractivity contribution is -0.119. The maximum Gasteiger partial charge on any atom is 0.130 e. The SMILES string of the molecule is CC(=O)CC(C)(C)CC=O.CC1=CC(O)CC(C)(C)C1. The third-order valence-corrected chi connectivity index (χ3v) is 3.36. The number of carbonyl (C=O) groups is 2. The van der Waals surface area contributed by atoms with Gasteiger partial charge in [-0.15, -0.1) is 0 Å². The maximum absolute atomic E-state index is 10.6. The van der Waals surface area contributed by atoms with E-state index in [2.05, 4.69) is 20.8 Å². The largest absolute Gasteiger partial charge is 0.389 e. The summed E-state index contributed by atoms with van der Waals surface area (Å²) in [5, 5.41) is 9.34. The van der Waals surface area contributed by atoms with Crippen molar-refractivity contribution in [1.82, 2.24) is 0 Å². The summed E-state index contributed by atoms with van der Waals surface area (Å²) in [7, 11) is 0. The number of hydrogen-bond acceptors (Lipinski definition) is 3. The van der Waals surface area contributed by atoms with Crippen molar-refractivity contribution >= 4 is 12.1 Å². The van der Waals surface area contributed by atoms with Gasteiger partial charge in [0, 0.05) is 12.8 Å². The van der Waals surface area contributed by atoms with Gasteiger partial charge < -0.3 is 14.7 Å². The molecule has 0 aliphatic heterocycles. The summed E-state index contributed by atoms with van der Waals surface area (Å²) >= 11 is 0. The Morgan fingerprint density at radius 2 is 2.05 bits per heavy atom. The lowest BCUT2D eigenvalue weighted by Crippen LogP contribution is -2.24. The van der Waals surface area contributed by atoms with Crippen LogP contribution in [0.4, 0.5) is 0 Å². The van der Waals surface area contributed by atoms with Crippen molar-refractivity contribution in [2.45, 2.75) is 73.3 Å². The topological polar surface area (TPSA) is 54.4 Å². The maximum atomic E-state index is 10.6. The molecule has 0 amide bonds. The Morgan fingerprint density at radius 1 is 1.50 bits per heavy atom. The number of rotatable bonds is 4. The fraction of sp³-hybridized carbons (Fsp3) is 0.765. The number of aliphatic hydroxyl groups is 1. The molecule has 1 aliphatic carbocycles. The third kappa shape index (κ3) is 9.03. The Labute approximate surface area is 123 Å². The normalized spacial score (nSPS) is 21.4. The van der Waals surface area contributed by atoms with Gasteiger partial charge in [-0.2, -0.15) is 0 Å². The van der Waals surface area contributed by atoms with E-state index in [0.717, 1.165) is 19.1 Å². The van der Waals surface area contributed by atoms with Crippen LogP contribution in [-0.2, 0) is 9.59 Å². The highest BCUT2D eigenvalue weighted by molar-refractivity contribution is 5.76. The van der Waals surface area contributed by atoms with Gasteiger partial charge in [-0.3, -0.25) is 0 Å². The number of aliphatic hydroxyl groups excluding tert-OH is 1. The van der Waals surface area contributed by atoms with Gasteiger partial charge in [0.05, 0.1) is 6.10 Å². The Bertz CT molecular complexity index is 364. The molecule has 0 aromatic carbocycles. The van der Waals surface area contributed by atoms with Gasteiger partial charge in [-0.1, -0.05) is 39.3 Å². The molecule has 0 radical (unpaired) electrons. The molecule has 0 spiro atoms. The molecule has 116 valence electrons. The number of allylic oxidation sites excluding steroid dienone is 1. The smallest absolute Gasteiger partial charge is 0.130 e. The minimum Gasteiger partial charge on any atom is -0.389 e. The van der Waals surface area contributed by atoms with Gasteiger partial charge in [-0.05, 0) is 37.5 Å². The quantitative estimate of drug-likeness (QED) is 0.632. The summed E-state index contributed by atoms with van der Waals surface area (Å²) in [6.07, 6.45) is 5.62. The van der Waals surface area contributed by atoms with E-state index in [-0.39, 0.29) is 17.3 Å². The molecule has 1 rings (SSSR count). The minimum absolute atomic E-state index is 0.145. The van der Waals surface area contributed by atoms with Crippen molar-refractivity contribution in [2.24, 2.45) is 10.8 Å². The first-order chi connectivity index (χ1) is 8.97. The van der Waals surface area contributed by atoms with Crippen LogP contribution < -0.4 is 0 Å². The number of hydrogen-bond donors (Lipinski definition) is 1. The summed E-state index contributed by atoms with van der Waals surface area (Å²) in [5.41, 5.74) is 1.48. The monoisotopic (exact) mass is 282 g/mol. The summed E-state index contributed by atoms with van der Waals surface area (Å²) in [4.78, 5) is 20.7. The molecule has 3 heteroatoms. The lowest BCUT2D eigenvalue weighted by Gasteiger charge is -2.31. The van der Waals surface area contributed by atoms with Crippen molar-refractivity contribution < 1.29 is 14.7 Å². The highest BCUT2D eigenvalue weighted by atomic mass is 16.3. The molecule has 0 heterocycles. The standard InChI is InChI=1S/C9H16O.C8H14O2/c1-7-4-8(10)6-9(2,3)5-7;1-7(10)6-8(2,3)4-5-9/h4,8,10H,5-6H2,1-3H3;5H,4,6H2,1-3H3. The zero-order valence-corrected chi connectivity index (χ0v) is 13.8. The number of ketones is 1. The average Bonchev–Trinajstić information content (AvgIpc) is 2.10. The van der Waals surface area contributed by atoms with E-state index >= 15 is 0 Å². The van der Waals surface area contributed by atoms with E-state index in [1.54, 1.807) is 6.92 Å². The van der Waals surface area contributed by atoms with Crippen LogP contribution in [0.1, 0.15) is 67.2 Å². The van der Waals surface area contributed by atoms with Crippen LogP contribution in [-0.4, -0.2) is 23.3 Å². The second-order valence-corrected chi connectivity index (χ2v) is 7.54. The molecule has 0 aromatic heterocycles. The van der Waals surface area contributed by atoms with Crippen LogP contribution in [0, 0.1) is 10.8 Å². The molecule has 3 nitrogen and oxygen atoms in total. The lowest BCUT2D eigenvalue weighted by atomic mass is 9.77. The zero-order valence-electron chi connectivity index (χ0n) is 13.8. The highest BCUT2D eigenvalue weighted by Crippen LogP contribution is 2.34. The van der Waals surface area contributed by atoms with Crippen molar-refractivity contribution in [3.05, 3.63) is 11.6 Å². The van der Waals surface area contributed by atoms with Crippen LogP contribution >= 0.6 is 0 Å². The summed E-state index contributed by atoms with van der Waals surface area (Å²) < 4.78 is 0. The van der Waals surface area contributed by atoms with Gasteiger partial charge in [0.15, 0.2) is 0 Å². The molecule has 0 aromatic rings. The fourth-order valence-corrected chi connectivity index (χ4v) is 2.81. The molecule has 0 saturated carbocycles. The van der Waals surface area contributed by atoms with Crippen molar-refractivity contribution in [1.29, 1.82) is 0 Å². The highest BCUT2D eigenvalue weighted by Gasteiger charge is 2.25. The average molecular weight is 282 g/mol. The van der Waals surface area contributed by atoms with Crippen molar-refractivity contribution in [2.75, 3.05) is 0 Å². The van der Waals surface area contributed by atoms with Crippen molar-refractivity contribution in [3.8, 4) is 0 Å². The number of carbonyl (C=O) groups excluding carboxylic acids is 2.